The van der Waals surface area contributed by atoms with E-state index in [0.29, 0.717) is 34.3 Å². The number of hydrogen-bond donors (Lipinski definition) is 3. The van der Waals surface area contributed by atoms with E-state index in [4.69, 9.17) is 9.84 Å². The van der Waals surface area contributed by atoms with Gasteiger partial charge in [-0.2, -0.15) is 5.10 Å². The molecule has 1 aliphatic rings. The van der Waals surface area contributed by atoms with Gasteiger partial charge >= 0.3 is 0 Å². The number of nitrogens with zero attached hydrogens (tertiary/aromatic N) is 1. The van der Waals surface area contributed by atoms with E-state index in [1.807, 2.05) is 12.2 Å². The van der Waals surface area contributed by atoms with Crippen LogP contribution in [-0.4, -0.2) is 40.5 Å². The number of aliphatic hydroxyl groups is 1. The molecule has 0 radical (unpaired) electrons. The van der Waals surface area contributed by atoms with Crippen LogP contribution in [0.25, 0.3) is 23.1 Å². The Labute approximate surface area is 167 Å². The number of amides is 1. The standard InChI is InChI=1S/C22H22FN3O3/c23-15-5-2-14(3-6-15)4-10-18-20-19(26-25-18)11-9-17(21(20)29-13-1-12-27)22(28)24-16-7-8-16/h2-6,9-11,16,27H,1,7-8,12-13H2,(H,24,28)(H,25,26)/b10-4+. The van der Waals surface area contributed by atoms with Crippen molar-refractivity contribution < 1.29 is 19.0 Å². The number of fused-ring (bicyclic) bond motifs is 1. The predicted octanol–water partition coefficient (Wildman–Crippen LogP) is 3.53. The minimum absolute atomic E-state index is 0.00228. The molecule has 0 aliphatic heterocycles. The summed E-state index contributed by atoms with van der Waals surface area (Å²) in [6.45, 7) is 0.286. The Balaban J connectivity index is 1.72. The molecule has 0 atom stereocenters. The summed E-state index contributed by atoms with van der Waals surface area (Å²) in [7, 11) is 0. The lowest BCUT2D eigenvalue weighted by atomic mass is 10.1. The van der Waals surface area contributed by atoms with Crippen molar-refractivity contribution in [2.24, 2.45) is 0 Å². The molecule has 1 aliphatic carbocycles. The highest BCUT2D eigenvalue weighted by molar-refractivity contribution is 6.05. The molecule has 29 heavy (non-hydrogen) atoms. The molecule has 1 saturated carbocycles. The summed E-state index contributed by atoms with van der Waals surface area (Å²) in [4.78, 5) is 12.7. The van der Waals surface area contributed by atoms with E-state index in [9.17, 15) is 9.18 Å². The number of hydrogen-bond acceptors (Lipinski definition) is 4. The number of benzene rings is 2. The van der Waals surface area contributed by atoms with Gasteiger partial charge in [0.05, 0.1) is 28.8 Å². The van der Waals surface area contributed by atoms with E-state index in [2.05, 4.69) is 15.5 Å². The van der Waals surface area contributed by atoms with Crippen LogP contribution in [0.4, 0.5) is 4.39 Å². The third kappa shape index (κ3) is 4.46. The molecule has 1 amide bonds. The largest absolute Gasteiger partial charge is 0.492 e. The zero-order valence-electron chi connectivity index (χ0n) is 15.8. The molecule has 1 heterocycles. The molecular formula is C22H22FN3O3. The third-order valence-electron chi connectivity index (χ3n) is 4.72. The first-order valence-electron chi connectivity index (χ1n) is 9.65. The lowest BCUT2D eigenvalue weighted by Gasteiger charge is -2.13. The second-order valence-corrected chi connectivity index (χ2v) is 7.03. The SMILES string of the molecule is O=C(NC1CC1)c1ccc2n[nH]c(/C=C/c3ccc(F)cc3)c2c1OCCCO. The number of aromatic nitrogens is 2. The number of ether oxygens (including phenoxy) is 1. The van der Waals surface area contributed by atoms with Crippen LogP contribution in [0.5, 0.6) is 5.75 Å². The molecule has 0 spiro atoms. The van der Waals surface area contributed by atoms with Crippen molar-refractivity contribution in [3.8, 4) is 5.75 Å². The van der Waals surface area contributed by atoms with Gasteiger partial charge in [0, 0.05) is 19.1 Å². The van der Waals surface area contributed by atoms with Gasteiger partial charge in [0.1, 0.15) is 11.6 Å². The third-order valence-corrected chi connectivity index (χ3v) is 4.72. The molecule has 0 saturated heterocycles. The number of halogens is 1. The Morgan fingerprint density at radius 2 is 2.03 bits per heavy atom. The van der Waals surface area contributed by atoms with Gasteiger partial charge in [-0.3, -0.25) is 9.89 Å². The molecule has 1 aromatic heterocycles. The van der Waals surface area contributed by atoms with Gasteiger partial charge in [0.15, 0.2) is 0 Å². The number of aliphatic hydroxyl groups excluding tert-OH is 1. The molecule has 4 rings (SSSR count). The molecule has 6 nitrogen and oxygen atoms in total. The van der Waals surface area contributed by atoms with Gasteiger partial charge in [-0.05, 0) is 48.7 Å². The van der Waals surface area contributed by atoms with Crippen LogP contribution >= 0.6 is 0 Å². The number of rotatable bonds is 8. The molecule has 1 fully saturated rings. The van der Waals surface area contributed by atoms with E-state index in [-0.39, 0.29) is 31.0 Å². The summed E-state index contributed by atoms with van der Waals surface area (Å²) >= 11 is 0. The first-order valence-corrected chi connectivity index (χ1v) is 9.65. The van der Waals surface area contributed by atoms with Crippen LogP contribution < -0.4 is 10.1 Å². The van der Waals surface area contributed by atoms with Gasteiger partial charge < -0.3 is 15.2 Å². The molecule has 7 heteroatoms. The Hall–Kier alpha value is -3.19. The lowest BCUT2D eigenvalue weighted by molar-refractivity contribution is 0.0947. The van der Waals surface area contributed by atoms with E-state index in [1.54, 1.807) is 24.3 Å². The highest BCUT2D eigenvalue weighted by atomic mass is 19.1. The monoisotopic (exact) mass is 395 g/mol. The highest BCUT2D eigenvalue weighted by Crippen LogP contribution is 2.33. The summed E-state index contributed by atoms with van der Waals surface area (Å²) in [6, 6.07) is 9.87. The first kappa shape index (κ1) is 19.1. The zero-order valence-corrected chi connectivity index (χ0v) is 15.8. The number of aromatic amines is 1. The minimum Gasteiger partial charge on any atom is -0.492 e. The van der Waals surface area contributed by atoms with Crippen LogP contribution in [0.2, 0.25) is 0 Å². The number of nitrogens with one attached hydrogen (secondary N) is 2. The van der Waals surface area contributed by atoms with Crippen LogP contribution in [0.1, 0.15) is 40.9 Å². The second-order valence-electron chi connectivity index (χ2n) is 7.03. The van der Waals surface area contributed by atoms with Crippen molar-refractivity contribution in [1.29, 1.82) is 0 Å². The fraction of sp³-hybridized carbons (Fsp3) is 0.273. The van der Waals surface area contributed by atoms with E-state index in [1.165, 1.54) is 12.1 Å². The summed E-state index contributed by atoms with van der Waals surface area (Å²) in [6.07, 6.45) is 6.10. The Kier molecular flexibility index (Phi) is 5.57. The molecule has 0 bridgehead atoms. The minimum atomic E-state index is -0.292. The number of carbonyl (C=O) groups excluding carboxylic acids is 1. The van der Waals surface area contributed by atoms with Crippen LogP contribution in [0.15, 0.2) is 36.4 Å². The highest BCUT2D eigenvalue weighted by Gasteiger charge is 2.26. The summed E-state index contributed by atoms with van der Waals surface area (Å²) in [5.74, 6) is -0.0234. The van der Waals surface area contributed by atoms with Crippen molar-refractivity contribution in [1.82, 2.24) is 15.5 Å². The zero-order chi connectivity index (χ0) is 20.2. The van der Waals surface area contributed by atoms with Crippen molar-refractivity contribution in [3.05, 3.63) is 59.0 Å². The topological polar surface area (TPSA) is 87.2 Å². The fourth-order valence-corrected chi connectivity index (χ4v) is 3.03. The predicted molar refractivity (Wildman–Crippen MR) is 109 cm³/mol. The quantitative estimate of drug-likeness (QED) is 0.509. The van der Waals surface area contributed by atoms with E-state index >= 15 is 0 Å². The van der Waals surface area contributed by atoms with Crippen LogP contribution in [0.3, 0.4) is 0 Å². The molecule has 2 aromatic carbocycles. The summed E-state index contributed by atoms with van der Waals surface area (Å²) in [5.41, 5.74) is 2.63. The Morgan fingerprint density at radius 3 is 2.76 bits per heavy atom. The summed E-state index contributed by atoms with van der Waals surface area (Å²) in [5, 5.41) is 20.1. The van der Waals surface area contributed by atoms with Crippen molar-refractivity contribution >= 4 is 29.0 Å². The first-order chi connectivity index (χ1) is 14.2. The van der Waals surface area contributed by atoms with Crippen molar-refractivity contribution in [2.75, 3.05) is 13.2 Å². The van der Waals surface area contributed by atoms with Crippen molar-refractivity contribution in [3.63, 3.8) is 0 Å². The molecule has 3 aromatic rings. The van der Waals surface area contributed by atoms with E-state index < -0.39 is 0 Å². The van der Waals surface area contributed by atoms with Crippen LogP contribution in [-0.2, 0) is 0 Å². The van der Waals surface area contributed by atoms with Crippen LogP contribution in [0, 0.1) is 5.82 Å². The average Bonchev–Trinajstić information content (AvgIpc) is 3.44. The fourth-order valence-electron chi connectivity index (χ4n) is 3.03. The Bertz CT molecular complexity index is 1040. The molecule has 3 N–H and O–H groups in total. The smallest absolute Gasteiger partial charge is 0.255 e. The van der Waals surface area contributed by atoms with Gasteiger partial charge in [0.25, 0.3) is 5.91 Å². The van der Waals surface area contributed by atoms with Gasteiger partial charge in [-0.15, -0.1) is 0 Å². The number of carbonyl (C=O) groups is 1. The maximum atomic E-state index is 13.1. The van der Waals surface area contributed by atoms with Gasteiger partial charge in [-0.1, -0.05) is 18.2 Å². The van der Waals surface area contributed by atoms with Crippen molar-refractivity contribution in [2.45, 2.75) is 25.3 Å². The second kappa shape index (κ2) is 8.45. The number of H-pyrrole nitrogens is 1. The lowest BCUT2D eigenvalue weighted by Crippen LogP contribution is -2.26. The molecular weight excluding hydrogens is 373 g/mol. The van der Waals surface area contributed by atoms with Gasteiger partial charge in [0.2, 0.25) is 0 Å². The average molecular weight is 395 g/mol. The Morgan fingerprint density at radius 1 is 1.24 bits per heavy atom. The molecule has 150 valence electrons. The maximum absolute atomic E-state index is 13.1. The summed E-state index contributed by atoms with van der Waals surface area (Å²) < 4.78 is 19.0. The normalized spacial score (nSPS) is 13.9. The molecule has 0 unspecified atom stereocenters. The van der Waals surface area contributed by atoms with E-state index in [0.717, 1.165) is 18.4 Å². The maximum Gasteiger partial charge on any atom is 0.255 e. The van der Waals surface area contributed by atoms with Gasteiger partial charge in [-0.25, -0.2) is 4.39 Å².